The highest BCUT2D eigenvalue weighted by Gasteiger charge is 2.55. The molecule has 3 aromatic carbocycles. The van der Waals surface area contributed by atoms with Crippen LogP contribution >= 0.6 is 35.0 Å². The summed E-state index contributed by atoms with van der Waals surface area (Å²) in [6, 6.07) is 21.3. The molecule has 4 rings (SSSR count). The Morgan fingerprint density at radius 2 is 1.57 bits per heavy atom. The molecule has 152 valence electrons. The molecule has 1 N–H and O–H groups in total. The molecule has 0 aliphatic carbocycles. The van der Waals surface area contributed by atoms with Gasteiger partial charge in [-0.15, -0.1) is 11.8 Å². The van der Waals surface area contributed by atoms with Gasteiger partial charge in [0.05, 0.1) is 5.92 Å². The summed E-state index contributed by atoms with van der Waals surface area (Å²) < 4.78 is -1.23. The molecule has 8 heteroatoms. The summed E-state index contributed by atoms with van der Waals surface area (Å²) in [6.07, 6.45) is 0. The number of rotatable bonds is 6. The van der Waals surface area contributed by atoms with Crippen LogP contribution in [-0.4, -0.2) is 17.4 Å². The maximum absolute atomic E-state index is 13.5. The lowest BCUT2D eigenvalue weighted by molar-refractivity contribution is -0.484. The molecule has 0 spiro atoms. The van der Waals surface area contributed by atoms with Gasteiger partial charge in [-0.05, 0) is 48.0 Å². The number of nitrogens with zero attached hydrogens (tertiary/aromatic N) is 1. The fourth-order valence-corrected chi connectivity index (χ4v) is 5.45. The second kappa shape index (κ2) is 8.30. The van der Waals surface area contributed by atoms with Gasteiger partial charge in [0.15, 0.2) is 0 Å². The summed E-state index contributed by atoms with van der Waals surface area (Å²) in [6.45, 7) is -0.413. The third-order valence-corrected chi connectivity index (χ3v) is 7.12. The van der Waals surface area contributed by atoms with Crippen molar-refractivity contribution >= 4 is 46.6 Å². The van der Waals surface area contributed by atoms with Crippen molar-refractivity contribution in [1.29, 1.82) is 0 Å². The topological polar surface area (TPSA) is 72.2 Å². The number of carbonyl (C=O) groups excluding carboxylic acids is 1. The van der Waals surface area contributed by atoms with Gasteiger partial charge in [0, 0.05) is 31.1 Å². The fourth-order valence-electron chi connectivity index (χ4n) is 3.77. The first-order valence-electron chi connectivity index (χ1n) is 9.13. The van der Waals surface area contributed by atoms with Crippen LogP contribution in [0.4, 0.5) is 5.69 Å². The summed E-state index contributed by atoms with van der Waals surface area (Å²) in [5.41, 5.74) is 2.05. The van der Waals surface area contributed by atoms with Crippen LogP contribution in [0, 0.1) is 10.1 Å². The maximum Gasteiger partial charge on any atom is 0.246 e. The number of nitro groups is 1. The number of nitrogens with one attached hydrogen (secondary N) is 1. The molecule has 0 fully saturated rings. The minimum Gasteiger partial charge on any atom is -0.324 e. The van der Waals surface area contributed by atoms with E-state index in [1.165, 1.54) is 11.8 Å². The Kier molecular flexibility index (Phi) is 5.73. The smallest absolute Gasteiger partial charge is 0.246 e. The first-order chi connectivity index (χ1) is 14.4. The number of amides is 1. The van der Waals surface area contributed by atoms with Crippen molar-refractivity contribution < 1.29 is 9.72 Å². The van der Waals surface area contributed by atoms with Gasteiger partial charge in [-0.25, -0.2) is 0 Å². The van der Waals surface area contributed by atoms with E-state index in [0.29, 0.717) is 21.3 Å². The van der Waals surface area contributed by atoms with Crippen LogP contribution in [0.2, 0.25) is 10.0 Å². The standard InChI is InChI=1S/C22H16Cl2N2O3S/c23-15-7-5-14(6-8-15)19(13-26(28)29)22(30-17-11-9-16(24)10-12-17)18-3-1-2-4-20(18)25-21(22)27/h1-12,19H,13H2,(H,25,27)/t19-,22+/m1/s1. The molecule has 3 aromatic rings. The molecule has 5 nitrogen and oxygen atoms in total. The van der Waals surface area contributed by atoms with Gasteiger partial charge in [-0.3, -0.25) is 14.9 Å². The lowest BCUT2D eigenvalue weighted by Gasteiger charge is -2.33. The number of carbonyl (C=O) groups is 1. The molecule has 1 amide bonds. The fraction of sp³-hybridized carbons (Fsp3) is 0.136. The van der Waals surface area contributed by atoms with Crippen molar-refractivity contribution in [2.45, 2.75) is 15.6 Å². The van der Waals surface area contributed by atoms with Crippen molar-refractivity contribution in [3.8, 4) is 0 Å². The zero-order chi connectivity index (χ0) is 21.3. The second-order valence-electron chi connectivity index (χ2n) is 6.91. The van der Waals surface area contributed by atoms with E-state index in [0.717, 1.165) is 10.5 Å². The van der Waals surface area contributed by atoms with Crippen molar-refractivity contribution in [3.63, 3.8) is 0 Å². The quantitative estimate of drug-likeness (QED) is 0.363. The number of benzene rings is 3. The van der Waals surface area contributed by atoms with Gasteiger partial charge in [-0.1, -0.05) is 53.5 Å². The highest BCUT2D eigenvalue weighted by Crippen LogP contribution is 2.56. The molecule has 2 atom stereocenters. The zero-order valence-corrected chi connectivity index (χ0v) is 17.9. The average Bonchev–Trinajstić information content (AvgIpc) is 3.00. The number of hydrogen-bond donors (Lipinski definition) is 1. The van der Waals surface area contributed by atoms with Crippen molar-refractivity contribution in [2.75, 3.05) is 11.9 Å². The van der Waals surface area contributed by atoms with Gasteiger partial charge in [0.1, 0.15) is 4.75 Å². The number of thioether (sulfide) groups is 1. The van der Waals surface area contributed by atoms with E-state index in [2.05, 4.69) is 5.32 Å². The molecule has 1 aliphatic heterocycles. The summed E-state index contributed by atoms with van der Waals surface area (Å²) in [4.78, 5) is 25.6. The van der Waals surface area contributed by atoms with Crippen LogP contribution < -0.4 is 5.32 Å². The summed E-state index contributed by atoms with van der Waals surface area (Å²) in [7, 11) is 0. The molecule has 0 aromatic heterocycles. The van der Waals surface area contributed by atoms with Crippen LogP contribution in [-0.2, 0) is 9.54 Å². The highest BCUT2D eigenvalue weighted by atomic mass is 35.5. The van der Waals surface area contributed by atoms with E-state index in [4.69, 9.17) is 23.2 Å². The van der Waals surface area contributed by atoms with Crippen LogP contribution in [0.25, 0.3) is 0 Å². The lowest BCUT2D eigenvalue weighted by Crippen LogP contribution is -2.40. The van der Waals surface area contributed by atoms with E-state index >= 15 is 0 Å². The minimum atomic E-state index is -1.23. The molecule has 0 saturated carbocycles. The van der Waals surface area contributed by atoms with Crippen LogP contribution in [0.1, 0.15) is 17.0 Å². The Morgan fingerprint density at radius 1 is 0.967 bits per heavy atom. The lowest BCUT2D eigenvalue weighted by atomic mass is 9.81. The monoisotopic (exact) mass is 458 g/mol. The third-order valence-electron chi connectivity index (χ3n) is 5.10. The Bertz CT molecular complexity index is 1110. The van der Waals surface area contributed by atoms with E-state index in [1.54, 1.807) is 36.4 Å². The van der Waals surface area contributed by atoms with Crippen LogP contribution in [0.5, 0.6) is 0 Å². The van der Waals surface area contributed by atoms with Gasteiger partial charge < -0.3 is 5.32 Å². The maximum atomic E-state index is 13.5. The Morgan fingerprint density at radius 3 is 2.20 bits per heavy atom. The summed E-state index contributed by atoms with van der Waals surface area (Å²) in [5.74, 6) is -1.01. The number of halogens is 2. The second-order valence-corrected chi connectivity index (χ2v) is 9.10. The molecule has 0 radical (unpaired) electrons. The van der Waals surface area contributed by atoms with Gasteiger partial charge in [0.25, 0.3) is 0 Å². The van der Waals surface area contributed by atoms with E-state index in [-0.39, 0.29) is 10.8 Å². The first kappa shape index (κ1) is 20.7. The van der Waals surface area contributed by atoms with E-state index in [9.17, 15) is 14.9 Å². The molecule has 1 aliphatic rings. The third kappa shape index (κ3) is 3.78. The molecule has 1 heterocycles. The molecule has 0 unspecified atom stereocenters. The number of para-hydroxylation sites is 1. The van der Waals surface area contributed by atoms with E-state index < -0.39 is 17.2 Å². The van der Waals surface area contributed by atoms with Gasteiger partial charge in [-0.2, -0.15) is 0 Å². The molecular formula is C22H16Cl2N2O3S. The van der Waals surface area contributed by atoms with E-state index in [1.807, 2.05) is 36.4 Å². The average molecular weight is 459 g/mol. The number of fused-ring (bicyclic) bond motifs is 1. The highest BCUT2D eigenvalue weighted by molar-refractivity contribution is 8.01. The van der Waals surface area contributed by atoms with Crippen LogP contribution in [0.3, 0.4) is 0 Å². The SMILES string of the molecule is O=C1Nc2ccccc2[C@]1(Sc1ccc(Cl)cc1)[C@H](C[N+](=O)[O-])c1ccc(Cl)cc1. The predicted octanol–water partition coefficient (Wildman–Crippen LogP) is 5.99. The van der Waals surface area contributed by atoms with Gasteiger partial charge in [0.2, 0.25) is 12.5 Å². The number of anilines is 1. The zero-order valence-electron chi connectivity index (χ0n) is 15.5. The summed E-state index contributed by atoms with van der Waals surface area (Å²) in [5, 5.41) is 15.7. The molecule has 0 saturated heterocycles. The van der Waals surface area contributed by atoms with Crippen molar-refractivity contribution in [3.05, 3.63) is 104 Å². The van der Waals surface area contributed by atoms with Crippen molar-refractivity contribution in [2.24, 2.45) is 0 Å². The Balaban J connectivity index is 1.93. The van der Waals surface area contributed by atoms with Gasteiger partial charge >= 0.3 is 0 Å². The summed E-state index contributed by atoms with van der Waals surface area (Å²) >= 11 is 13.4. The number of hydrogen-bond acceptors (Lipinski definition) is 4. The predicted molar refractivity (Wildman–Crippen MR) is 120 cm³/mol. The van der Waals surface area contributed by atoms with Crippen molar-refractivity contribution in [1.82, 2.24) is 0 Å². The molecular weight excluding hydrogens is 443 g/mol. The Labute approximate surface area is 187 Å². The molecule has 0 bridgehead atoms. The first-order valence-corrected chi connectivity index (χ1v) is 10.7. The largest absolute Gasteiger partial charge is 0.324 e. The minimum absolute atomic E-state index is 0.287. The Hall–Kier alpha value is -2.54. The normalized spacial score (nSPS) is 18.5. The molecule has 30 heavy (non-hydrogen) atoms. The van der Waals surface area contributed by atoms with Crippen LogP contribution in [0.15, 0.2) is 77.7 Å².